The fourth-order valence-electron chi connectivity index (χ4n) is 1.20. The van der Waals surface area contributed by atoms with Gasteiger partial charge in [0.2, 0.25) is 11.8 Å². The molecule has 0 atom stereocenters. The molecule has 17 heavy (non-hydrogen) atoms. The number of hydrogen-bond donors (Lipinski definition) is 1. The highest BCUT2D eigenvalue weighted by molar-refractivity contribution is 14.1. The molecule has 0 unspecified atom stereocenters. The molecule has 0 spiro atoms. The average molecular weight is 341 g/mol. The standard InChI is InChI=1S/C11H8IN3O2/c12-9-5-14-6-15-11(9)17-8-3-1-2-7(4-8)10(13)16/h1-6H,(H2,13,16). The summed E-state index contributed by atoms with van der Waals surface area (Å²) in [4.78, 5) is 18.9. The van der Waals surface area contributed by atoms with E-state index >= 15 is 0 Å². The normalized spacial score (nSPS) is 9.94. The lowest BCUT2D eigenvalue weighted by atomic mass is 10.2. The molecule has 2 N–H and O–H groups in total. The van der Waals surface area contributed by atoms with Gasteiger partial charge in [0.05, 0.1) is 3.57 Å². The van der Waals surface area contributed by atoms with Gasteiger partial charge in [0, 0.05) is 11.8 Å². The Labute approximate surface area is 111 Å². The van der Waals surface area contributed by atoms with Crippen molar-refractivity contribution in [3.8, 4) is 11.6 Å². The molecule has 0 radical (unpaired) electrons. The van der Waals surface area contributed by atoms with Crippen LogP contribution in [0.4, 0.5) is 0 Å². The monoisotopic (exact) mass is 341 g/mol. The van der Waals surface area contributed by atoms with Gasteiger partial charge in [-0.05, 0) is 40.8 Å². The van der Waals surface area contributed by atoms with Gasteiger partial charge in [0.15, 0.2) is 0 Å². The number of ether oxygens (including phenoxy) is 1. The minimum atomic E-state index is -0.493. The molecular weight excluding hydrogens is 333 g/mol. The Bertz CT molecular complexity index is 560. The first-order valence-corrected chi connectivity index (χ1v) is 5.78. The van der Waals surface area contributed by atoms with Crippen LogP contribution in [0.3, 0.4) is 0 Å². The van der Waals surface area contributed by atoms with Crippen molar-refractivity contribution in [1.29, 1.82) is 0 Å². The Hall–Kier alpha value is -1.70. The molecule has 0 saturated heterocycles. The van der Waals surface area contributed by atoms with Crippen molar-refractivity contribution in [3.05, 3.63) is 45.9 Å². The molecule has 0 bridgehead atoms. The number of hydrogen-bond acceptors (Lipinski definition) is 4. The van der Waals surface area contributed by atoms with Crippen molar-refractivity contribution in [1.82, 2.24) is 9.97 Å². The number of halogens is 1. The molecule has 0 aliphatic carbocycles. The van der Waals surface area contributed by atoms with Gasteiger partial charge in [-0.3, -0.25) is 4.79 Å². The number of benzene rings is 1. The molecule has 1 aromatic heterocycles. The lowest BCUT2D eigenvalue weighted by molar-refractivity contribution is 0.1000. The Balaban J connectivity index is 2.28. The van der Waals surface area contributed by atoms with E-state index < -0.39 is 5.91 Å². The molecule has 1 aromatic carbocycles. The molecule has 0 aliphatic rings. The van der Waals surface area contributed by atoms with E-state index in [1.54, 1.807) is 30.5 Å². The van der Waals surface area contributed by atoms with Crippen LogP contribution in [-0.4, -0.2) is 15.9 Å². The predicted octanol–water partition coefficient (Wildman–Crippen LogP) is 1.97. The highest BCUT2D eigenvalue weighted by Gasteiger charge is 2.06. The molecule has 2 aromatic rings. The van der Waals surface area contributed by atoms with Crippen molar-refractivity contribution >= 4 is 28.5 Å². The zero-order chi connectivity index (χ0) is 12.3. The molecule has 0 saturated carbocycles. The molecule has 1 amide bonds. The third-order valence-corrected chi connectivity index (χ3v) is 2.71. The second kappa shape index (κ2) is 5.09. The van der Waals surface area contributed by atoms with Crippen LogP contribution >= 0.6 is 22.6 Å². The van der Waals surface area contributed by atoms with Gasteiger partial charge in [0.25, 0.3) is 0 Å². The zero-order valence-electron chi connectivity index (χ0n) is 8.63. The molecule has 2 rings (SSSR count). The van der Waals surface area contributed by atoms with Crippen molar-refractivity contribution in [2.75, 3.05) is 0 Å². The van der Waals surface area contributed by atoms with Crippen molar-refractivity contribution in [3.63, 3.8) is 0 Å². The SMILES string of the molecule is NC(=O)c1cccc(Oc2ncncc2I)c1. The molecule has 86 valence electrons. The second-order valence-corrected chi connectivity index (χ2v) is 4.33. The summed E-state index contributed by atoms with van der Waals surface area (Å²) in [7, 11) is 0. The average Bonchev–Trinajstić information content (AvgIpc) is 2.32. The minimum absolute atomic E-state index is 0.395. The lowest BCUT2D eigenvalue weighted by Gasteiger charge is -2.06. The second-order valence-electron chi connectivity index (χ2n) is 3.17. The topological polar surface area (TPSA) is 78.1 Å². The van der Waals surface area contributed by atoms with Crippen LogP contribution in [-0.2, 0) is 0 Å². The third kappa shape index (κ3) is 2.90. The highest BCUT2D eigenvalue weighted by atomic mass is 127. The summed E-state index contributed by atoms with van der Waals surface area (Å²) < 4.78 is 6.32. The fourth-order valence-corrected chi connectivity index (χ4v) is 1.61. The molecule has 0 fully saturated rings. The number of carbonyl (C=O) groups excluding carboxylic acids is 1. The van der Waals surface area contributed by atoms with Crippen molar-refractivity contribution in [2.45, 2.75) is 0 Å². The molecular formula is C11H8IN3O2. The molecule has 5 nitrogen and oxygen atoms in total. The Kier molecular flexibility index (Phi) is 3.52. The maximum Gasteiger partial charge on any atom is 0.248 e. The molecule has 0 aliphatic heterocycles. The summed E-state index contributed by atoms with van der Waals surface area (Å²) in [5.41, 5.74) is 5.58. The van der Waals surface area contributed by atoms with Gasteiger partial charge in [-0.25, -0.2) is 9.97 Å². The lowest BCUT2D eigenvalue weighted by Crippen LogP contribution is -2.10. The summed E-state index contributed by atoms with van der Waals surface area (Å²) in [6, 6.07) is 6.62. The van der Waals surface area contributed by atoms with Crippen molar-refractivity contribution in [2.24, 2.45) is 5.73 Å². The van der Waals surface area contributed by atoms with Crippen LogP contribution in [0, 0.1) is 3.57 Å². The fraction of sp³-hybridized carbons (Fsp3) is 0. The minimum Gasteiger partial charge on any atom is -0.438 e. The van der Waals surface area contributed by atoms with Gasteiger partial charge in [0.1, 0.15) is 12.1 Å². The summed E-state index contributed by atoms with van der Waals surface area (Å²) >= 11 is 2.07. The molecule has 6 heteroatoms. The number of rotatable bonds is 3. The van der Waals surface area contributed by atoms with Crippen LogP contribution in [0.15, 0.2) is 36.8 Å². The van der Waals surface area contributed by atoms with Crippen LogP contribution in [0.25, 0.3) is 0 Å². The summed E-state index contributed by atoms with van der Waals surface area (Å²) in [5.74, 6) is 0.466. The molecule has 1 heterocycles. The Morgan fingerprint density at radius 3 is 2.94 bits per heavy atom. The Morgan fingerprint density at radius 1 is 1.41 bits per heavy atom. The third-order valence-electron chi connectivity index (χ3n) is 1.97. The highest BCUT2D eigenvalue weighted by Crippen LogP contribution is 2.23. The first-order chi connectivity index (χ1) is 8.16. The van der Waals surface area contributed by atoms with Gasteiger partial charge < -0.3 is 10.5 Å². The van der Waals surface area contributed by atoms with E-state index in [9.17, 15) is 4.79 Å². The largest absolute Gasteiger partial charge is 0.438 e. The van der Waals surface area contributed by atoms with Crippen LogP contribution in [0.1, 0.15) is 10.4 Å². The maximum atomic E-state index is 11.0. The maximum absolute atomic E-state index is 11.0. The van der Waals surface area contributed by atoms with E-state index in [0.717, 1.165) is 3.57 Å². The zero-order valence-corrected chi connectivity index (χ0v) is 10.8. The van der Waals surface area contributed by atoms with Crippen LogP contribution in [0.2, 0.25) is 0 Å². The quantitative estimate of drug-likeness (QED) is 0.866. The van der Waals surface area contributed by atoms with Gasteiger partial charge in [-0.15, -0.1) is 0 Å². The summed E-state index contributed by atoms with van der Waals surface area (Å²) in [5, 5.41) is 0. The van der Waals surface area contributed by atoms with E-state index in [4.69, 9.17) is 10.5 Å². The van der Waals surface area contributed by atoms with Gasteiger partial charge in [-0.2, -0.15) is 0 Å². The van der Waals surface area contributed by atoms with Crippen LogP contribution in [0.5, 0.6) is 11.6 Å². The smallest absolute Gasteiger partial charge is 0.248 e. The van der Waals surface area contributed by atoms with E-state index in [0.29, 0.717) is 17.2 Å². The number of aromatic nitrogens is 2. The Morgan fingerprint density at radius 2 is 2.24 bits per heavy atom. The van der Waals surface area contributed by atoms with E-state index in [1.807, 2.05) is 0 Å². The van der Waals surface area contributed by atoms with Gasteiger partial charge in [-0.1, -0.05) is 6.07 Å². The van der Waals surface area contributed by atoms with Crippen LogP contribution < -0.4 is 10.5 Å². The number of nitrogens with zero attached hydrogens (tertiary/aromatic N) is 2. The first-order valence-electron chi connectivity index (χ1n) is 4.70. The van der Waals surface area contributed by atoms with E-state index in [1.165, 1.54) is 6.33 Å². The summed E-state index contributed by atoms with van der Waals surface area (Å²) in [6.07, 6.45) is 3.04. The van der Waals surface area contributed by atoms with E-state index in [-0.39, 0.29) is 0 Å². The number of carbonyl (C=O) groups is 1. The first kappa shape index (κ1) is 11.8. The number of amides is 1. The van der Waals surface area contributed by atoms with Crippen molar-refractivity contribution < 1.29 is 9.53 Å². The predicted molar refractivity (Wildman–Crippen MR) is 69.8 cm³/mol. The van der Waals surface area contributed by atoms with Gasteiger partial charge >= 0.3 is 0 Å². The van der Waals surface area contributed by atoms with E-state index in [2.05, 4.69) is 32.6 Å². The summed E-state index contributed by atoms with van der Waals surface area (Å²) in [6.45, 7) is 0. The number of primary amides is 1. The number of nitrogens with two attached hydrogens (primary N) is 1.